The second kappa shape index (κ2) is 6.93. The first-order valence-corrected chi connectivity index (χ1v) is 6.69. The molecule has 0 radical (unpaired) electrons. The van der Waals surface area contributed by atoms with Gasteiger partial charge in [0.1, 0.15) is 11.5 Å². The molecule has 94 valence electrons. The first-order valence-electron chi connectivity index (χ1n) is 5.81. The van der Waals surface area contributed by atoms with Crippen LogP contribution in [0.3, 0.4) is 0 Å². The summed E-state index contributed by atoms with van der Waals surface area (Å²) in [6.07, 6.45) is 0. The van der Waals surface area contributed by atoms with Gasteiger partial charge in [-0.25, -0.2) is 4.79 Å². The summed E-state index contributed by atoms with van der Waals surface area (Å²) >= 11 is 1.40. The molecule has 0 bridgehead atoms. The molecule has 2 rings (SSSR count). The number of benzene rings is 1. The average molecular weight is 261 g/mol. The van der Waals surface area contributed by atoms with Crippen molar-refractivity contribution in [1.29, 1.82) is 0 Å². The maximum atomic E-state index is 11.5. The van der Waals surface area contributed by atoms with Gasteiger partial charge in [-0.2, -0.15) is 0 Å². The van der Waals surface area contributed by atoms with Crippen LogP contribution in [-0.4, -0.2) is 19.1 Å². The highest BCUT2D eigenvalue weighted by Crippen LogP contribution is 2.09. The van der Waals surface area contributed by atoms with Gasteiger partial charge < -0.3 is 10.1 Å². The highest BCUT2D eigenvalue weighted by atomic mass is 32.1. The minimum absolute atomic E-state index is 0.244. The highest BCUT2D eigenvalue weighted by molar-refractivity contribution is 7.11. The lowest BCUT2D eigenvalue weighted by atomic mass is 10.2. The Hall–Kier alpha value is -1.65. The van der Waals surface area contributed by atoms with Crippen LogP contribution < -0.4 is 5.32 Å². The zero-order valence-corrected chi connectivity index (χ0v) is 10.8. The Morgan fingerprint density at radius 1 is 1.17 bits per heavy atom. The predicted octanol–water partition coefficient (Wildman–Crippen LogP) is 2.69. The number of carbonyl (C=O) groups excluding carboxylic acids is 1. The van der Waals surface area contributed by atoms with Crippen molar-refractivity contribution in [2.75, 3.05) is 13.2 Å². The number of thiophene rings is 1. The van der Waals surface area contributed by atoms with Crippen molar-refractivity contribution in [2.45, 2.75) is 6.54 Å². The second-order valence-corrected chi connectivity index (χ2v) is 4.72. The standard InChI is InChI=1S/C14H15NO2S/c16-14(13-7-4-10-18-13)17-9-8-15-11-12-5-2-1-3-6-12/h1-7,10,15H,8-9,11H2. The number of hydrogen-bond donors (Lipinski definition) is 1. The molecule has 3 nitrogen and oxygen atoms in total. The summed E-state index contributed by atoms with van der Waals surface area (Å²) in [6.45, 7) is 1.84. The third-order valence-corrected chi connectivity index (χ3v) is 3.26. The van der Waals surface area contributed by atoms with E-state index in [1.165, 1.54) is 16.9 Å². The van der Waals surface area contributed by atoms with Crippen LogP contribution in [0.15, 0.2) is 47.8 Å². The minimum Gasteiger partial charge on any atom is -0.460 e. The predicted molar refractivity (Wildman–Crippen MR) is 72.8 cm³/mol. The molecule has 0 unspecified atom stereocenters. The summed E-state index contributed by atoms with van der Waals surface area (Å²) in [5.74, 6) is -0.244. The Morgan fingerprint density at radius 3 is 2.72 bits per heavy atom. The van der Waals surface area contributed by atoms with Gasteiger partial charge in [-0.3, -0.25) is 0 Å². The van der Waals surface area contributed by atoms with Gasteiger partial charge in [0.2, 0.25) is 0 Å². The van der Waals surface area contributed by atoms with Gasteiger partial charge in [-0.05, 0) is 17.0 Å². The molecule has 1 N–H and O–H groups in total. The Bertz CT molecular complexity index is 468. The van der Waals surface area contributed by atoms with Gasteiger partial charge in [0.25, 0.3) is 0 Å². The van der Waals surface area contributed by atoms with E-state index in [-0.39, 0.29) is 5.97 Å². The fourth-order valence-electron chi connectivity index (χ4n) is 1.51. The fourth-order valence-corrected chi connectivity index (χ4v) is 2.13. The Kier molecular flexibility index (Phi) is 4.93. The Balaban J connectivity index is 1.61. The maximum absolute atomic E-state index is 11.5. The first kappa shape index (κ1) is 12.8. The van der Waals surface area contributed by atoms with E-state index in [1.54, 1.807) is 6.07 Å². The zero-order chi connectivity index (χ0) is 12.6. The van der Waals surface area contributed by atoms with Crippen LogP contribution in [0.2, 0.25) is 0 Å². The molecule has 2 aromatic rings. The SMILES string of the molecule is O=C(OCCNCc1ccccc1)c1cccs1. The van der Waals surface area contributed by atoms with E-state index in [9.17, 15) is 4.79 Å². The van der Waals surface area contributed by atoms with E-state index in [4.69, 9.17) is 4.74 Å². The number of esters is 1. The summed E-state index contributed by atoms with van der Waals surface area (Å²) in [5.41, 5.74) is 1.22. The summed E-state index contributed by atoms with van der Waals surface area (Å²) in [4.78, 5) is 12.2. The van der Waals surface area contributed by atoms with E-state index < -0.39 is 0 Å². The van der Waals surface area contributed by atoms with E-state index in [1.807, 2.05) is 29.6 Å². The van der Waals surface area contributed by atoms with Gasteiger partial charge in [-0.1, -0.05) is 36.4 Å². The number of rotatable bonds is 6. The molecule has 0 aliphatic carbocycles. The summed E-state index contributed by atoms with van der Waals surface area (Å²) in [7, 11) is 0. The first-order chi connectivity index (χ1) is 8.86. The monoisotopic (exact) mass is 261 g/mol. The van der Waals surface area contributed by atoms with Gasteiger partial charge in [0.05, 0.1) is 0 Å². The quantitative estimate of drug-likeness (QED) is 0.642. The molecule has 0 fully saturated rings. The Morgan fingerprint density at radius 2 is 2.00 bits per heavy atom. The van der Waals surface area contributed by atoms with Crippen LogP contribution in [0, 0.1) is 0 Å². The topological polar surface area (TPSA) is 38.3 Å². The lowest BCUT2D eigenvalue weighted by Gasteiger charge is -2.05. The van der Waals surface area contributed by atoms with Crippen molar-refractivity contribution in [3.63, 3.8) is 0 Å². The van der Waals surface area contributed by atoms with Gasteiger partial charge in [-0.15, -0.1) is 11.3 Å². The summed E-state index contributed by atoms with van der Waals surface area (Å²) < 4.78 is 5.13. The van der Waals surface area contributed by atoms with Crippen LogP contribution in [0.25, 0.3) is 0 Å². The van der Waals surface area contributed by atoms with Crippen LogP contribution in [-0.2, 0) is 11.3 Å². The Labute approximate surface area is 110 Å². The number of carbonyl (C=O) groups is 1. The molecule has 0 spiro atoms. The van der Waals surface area contributed by atoms with Crippen LogP contribution in [0.4, 0.5) is 0 Å². The molecule has 0 atom stereocenters. The third-order valence-electron chi connectivity index (χ3n) is 2.41. The molecule has 1 heterocycles. The average Bonchev–Trinajstić information content (AvgIpc) is 2.93. The zero-order valence-electron chi connectivity index (χ0n) is 9.96. The second-order valence-electron chi connectivity index (χ2n) is 3.78. The molecule has 0 aliphatic rings. The maximum Gasteiger partial charge on any atom is 0.348 e. The molecule has 4 heteroatoms. The third kappa shape index (κ3) is 3.98. The van der Waals surface area contributed by atoms with E-state index in [0.717, 1.165) is 6.54 Å². The van der Waals surface area contributed by atoms with Crippen molar-refractivity contribution < 1.29 is 9.53 Å². The van der Waals surface area contributed by atoms with Gasteiger partial charge in [0, 0.05) is 13.1 Å². The molecule has 0 aliphatic heterocycles. The largest absolute Gasteiger partial charge is 0.460 e. The molecule has 18 heavy (non-hydrogen) atoms. The van der Waals surface area contributed by atoms with E-state index in [0.29, 0.717) is 18.0 Å². The smallest absolute Gasteiger partial charge is 0.348 e. The van der Waals surface area contributed by atoms with Crippen molar-refractivity contribution in [3.05, 3.63) is 58.3 Å². The lowest BCUT2D eigenvalue weighted by Crippen LogP contribution is -2.20. The highest BCUT2D eigenvalue weighted by Gasteiger charge is 2.06. The molecule has 0 saturated carbocycles. The fraction of sp³-hybridized carbons (Fsp3) is 0.214. The molecule has 1 aromatic carbocycles. The number of hydrogen-bond acceptors (Lipinski definition) is 4. The number of nitrogens with one attached hydrogen (secondary N) is 1. The summed E-state index contributed by atoms with van der Waals surface area (Å²) in [6, 6.07) is 13.7. The van der Waals surface area contributed by atoms with E-state index in [2.05, 4.69) is 17.4 Å². The molecular weight excluding hydrogens is 246 g/mol. The van der Waals surface area contributed by atoms with Gasteiger partial charge in [0.15, 0.2) is 0 Å². The molecule has 1 aromatic heterocycles. The van der Waals surface area contributed by atoms with Crippen molar-refractivity contribution in [1.82, 2.24) is 5.32 Å². The van der Waals surface area contributed by atoms with Crippen LogP contribution >= 0.6 is 11.3 Å². The molecule has 0 saturated heterocycles. The number of ether oxygens (including phenoxy) is 1. The van der Waals surface area contributed by atoms with Gasteiger partial charge >= 0.3 is 5.97 Å². The van der Waals surface area contributed by atoms with Crippen molar-refractivity contribution >= 4 is 17.3 Å². The molecule has 0 amide bonds. The van der Waals surface area contributed by atoms with Crippen LogP contribution in [0.5, 0.6) is 0 Å². The van der Waals surface area contributed by atoms with Crippen molar-refractivity contribution in [3.8, 4) is 0 Å². The summed E-state index contributed by atoms with van der Waals surface area (Å²) in [5, 5.41) is 5.09. The van der Waals surface area contributed by atoms with Crippen LogP contribution in [0.1, 0.15) is 15.2 Å². The molecular formula is C14H15NO2S. The normalized spacial score (nSPS) is 10.2. The lowest BCUT2D eigenvalue weighted by molar-refractivity contribution is 0.0514. The van der Waals surface area contributed by atoms with Crippen molar-refractivity contribution in [2.24, 2.45) is 0 Å². The minimum atomic E-state index is -0.244. The van der Waals surface area contributed by atoms with E-state index >= 15 is 0 Å².